The summed E-state index contributed by atoms with van der Waals surface area (Å²) in [5.74, 6) is 1.25. The molecule has 0 bridgehead atoms. The summed E-state index contributed by atoms with van der Waals surface area (Å²) in [7, 11) is 1.39. The molecule has 2 rings (SSSR count). The second-order valence-electron chi connectivity index (χ2n) is 5.63. The van der Waals surface area contributed by atoms with Gasteiger partial charge in [0.25, 0.3) is 0 Å². The molecule has 2 aliphatic carbocycles. The van der Waals surface area contributed by atoms with Gasteiger partial charge in [-0.05, 0) is 50.4 Å². The minimum absolute atomic E-state index is 0.0538. The fourth-order valence-electron chi connectivity index (χ4n) is 2.43. The van der Waals surface area contributed by atoms with Crippen LogP contribution in [0.5, 0.6) is 0 Å². The van der Waals surface area contributed by atoms with Crippen molar-refractivity contribution in [3.05, 3.63) is 0 Å². The molecule has 0 aromatic carbocycles. The number of amides is 2. The predicted molar refractivity (Wildman–Crippen MR) is 71.6 cm³/mol. The Morgan fingerprint density at radius 1 is 1.16 bits per heavy atom. The van der Waals surface area contributed by atoms with Gasteiger partial charge in [-0.2, -0.15) is 0 Å². The Kier molecular flexibility index (Phi) is 5.05. The van der Waals surface area contributed by atoms with Gasteiger partial charge in [-0.15, -0.1) is 0 Å². The average molecular weight is 268 g/mol. The quantitative estimate of drug-likeness (QED) is 0.521. The zero-order chi connectivity index (χ0) is 13.7. The standard InChI is InChI=1S/C14H24N2O3/c1-19-12(17)4-2-3-9-15-14(18)16-13(10-5-6-10)11-7-8-11/h10-11,13H,2-9H2,1H3,(H2,15,16,18). The lowest BCUT2D eigenvalue weighted by Gasteiger charge is -2.18. The molecule has 0 spiro atoms. The minimum atomic E-state index is -0.188. The number of carbonyl (C=O) groups excluding carboxylic acids is 2. The van der Waals surface area contributed by atoms with Gasteiger partial charge in [0.2, 0.25) is 0 Å². The Hall–Kier alpha value is -1.26. The normalized spacial score (nSPS) is 18.2. The van der Waals surface area contributed by atoms with Gasteiger partial charge in [0.1, 0.15) is 0 Å². The van der Waals surface area contributed by atoms with Crippen molar-refractivity contribution in [3.8, 4) is 0 Å². The van der Waals surface area contributed by atoms with Gasteiger partial charge >= 0.3 is 12.0 Å². The summed E-state index contributed by atoms with van der Waals surface area (Å²) in [5.41, 5.74) is 0. The minimum Gasteiger partial charge on any atom is -0.469 e. The lowest BCUT2D eigenvalue weighted by atomic mass is 10.1. The molecule has 0 radical (unpaired) electrons. The summed E-state index contributed by atoms with van der Waals surface area (Å²) >= 11 is 0. The molecule has 5 heteroatoms. The van der Waals surface area contributed by atoms with Gasteiger partial charge < -0.3 is 15.4 Å². The Balaban J connectivity index is 1.53. The van der Waals surface area contributed by atoms with Crippen LogP contribution in [0.1, 0.15) is 44.9 Å². The number of hydrogen-bond acceptors (Lipinski definition) is 3. The molecule has 2 fully saturated rings. The number of hydrogen-bond donors (Lipinski definition) is 2. The maximum atomic E-state index is 11.8. The lowest BCUT2D eigenvalue weighted by molar-refractivity contribution is -0.140. The highest BCUT2D eigenvalue weighted by Gasteiger charge is 2.42. The molecule has 0 heterocycles. The highest BCUT2D eigenvalue weighted by atomic mass is 16.5. The molecule has 0 atom stereocenters. The molecule has 19 heavy (non-hydrogen) atoms. The maximum absolute atomic E-state index is 11.8. The summed E-state index contributed by atoms with van der Waals surface area (Å²) in [6.07, 6.45) is 7.04. The highest BCUT2D eigenvalue weighted by molar-refractivity contribution is 5.74. The van der Waals surface area contributed by atoms with E-state index in [1.165, 1.54) is 32.8 Å². The second kappa shape index (κ2) is 6.78. The van der Waals surface area contributed by atoms with Crippen molar-refractivity contribution in [1.29, 1.82) is 0 Å². The van der Waals surface area contributed by atoms with E-state index >= 15 is 0 Å². The van der Waals surface area contributed by atoms with Crippen LogP contribution in [0.4, 0.5) is 4.79 Å². The van der Waals surface area contributed by atoms with Crippen molar-refractivity contribution >= 4 is 12.0 Å². The smallest absolute Gasteiger partial charge is 0.315 e. The van der Waals surface area contributed by atoms with Gasteiger partial charge in [0.15, 0.2) is 0 Å². The van der Waals surface area contributed by atoms with Gasteiger partial charge in [0.05, 0.1) is 7.11 Å². The van der Waals surface area contributed by atoms with Crippen molar-refractivity contribution in [3.63, 3.8) is 0 Å². The van der Waals surface area contributed by atoms with Crippen LogP contribution in [-0.2, 0) is 9.53 Å². The second-order valence-corrected chi connectivity index (χ2v) is 5.63. The SMILES string of the molecule is COC(=O)CCCCNC(=O)NC(C1CC1)C1CC1. The first-order valence-corrected chi connectivity index (χ1v) is 7.32. The van der Waals surface area contributed by atoms with Crippen molar-refractivity contribution in [2.75, 3.05) is 13.7 Å². The fourth-order valence-corrected chi connectivity index (χ4v) is 2.43. The van der Waals surface area contributed by atoms with E-state index < -0.39 is 0 Å². The molecule has 0 aromatic heterocycles. The van der Waals surface area contributed by atoms with E-state index in [9.17, 15) is 9.59 Å². The average Bonchev–Trinajstić information content (AvgIpc) is 3.28. The van der Waals surface area contributed by atoms with E-state index in [0.717, 1.165) is 24.7 Å². The number of urea groups is 1. The van der Waals surface area contributed by atoms with Gasteiger partial charge in [-0.1, -0.05) is 0 Å². The highest BCUT2D eigenvalue weighted by Crippen LogP contribution is 2.44. The Bertz CT molecular complexity index is 313. The molecule has 0 aliphatic heterocycles. The molecular formula is C14H24N2O3. The van der Waals surface area contributed by atoms with E-state index in [2.05, 4.69) is 15.4 Å². The number of unbranched alkanes of at least 4 members (excludes halogenated alkanes) is 1. The fraction of sp³-hybridized carbons (Fsp3) is 0.857. The third-order valence-electron chi connectivity index (χ3n) is 3.88. The van der Waals surface area contributed by atoms with Crippen LogP contribution in [0.15, 0.2) is 0 Å². The molecule has 5 nitrogen and oxygen atoms in total. The summed E-state index contributed by atoms with van der Waals surface area (Å²) in [6.45, 7) is 0.616. The first kappa shape index (κ1) is 14.2. The molecule has 0 saturated heterocycles. The van der Waals surface area contributed by atoms with E-state index in [1.807, 2.05) is 0 Å². The summed E-state index contributed by atoms with van der Waals surface area (Å²) in [6, 6.07) is 0.344. The lowest BCUT2D eigenvalue weighted by Crippen LogP contribution is -2.44. The van der Waals surface area contributed by atoms with Crippen LogP contribution in [0.25, 0.3) is 0 Å². The molecule has 2 saturated carbocycles. The van der Waals surface area contributed by atoms with Gasteiger partial charge in [-0.3, -0.25) is 4.79 Å². The zero-order valence-electron chi connectivity index (χ0n) is 11.6. The van der Waals surface area contributed by atoms with E-state index in [0.29, 0.717) is 19.0 Å². The number of carbonyl (C=O) groups is 2. The number of nitrogens with one attached hydrogen (secondary N) is 2. The third kappa shape index (κ3) is 5.09. The molecular weight excluding hydrogens is 244 g/mol. The van der Waals surface area contributed by atoms with Crippen molar-refractivity contribution < 1.29 is 14.3 Å². The molecule has 0 aromatic rings. The zero-order valence-corrected chi connectivity index (χ0v) is 11.6. The Morgan fingerprint density at radius 2 is 1.79 bits per heavy atom. The van der Waals surface area contributed by atoms with E-state index in [-0.39, 0.29) is 12.0 Å². The van der Waals surface area contributed by atoms with E-state index in [4.69, 9.17) is 0 Å². The molecule has 2 aliphatic rings. The summed E-state index contributed by atoms with van der Waals surface area (Å²) < 4.78 is 4.56. The van der Waals surface area contributed by atoms with Crippen LogP contribution >= 0.6 is 0 Å². The van der Waals surface area contributed by atoms with Gasteiger partial charge in [-0.25, -0.2) is 4.79 Å². The summed E-state index contributed by atoms with van der Waals surface area (Å²) in [4.78, 5) is 22.7. The summed E-state index contributed by atoms with van der Waals surface area (Å²) in [5, 5.41) is 5.98. The van der Waals surface area contributed by atoms with Crippen LogP contribution in [0, 0.1) is 11.8 Å². The van der Waals surface area contributed by atoms with Gasteiger partial charge in [0, 0.05) is 19.0 Å². The monoisotopic (exact) mass is 268 g/mol. The third-order valence-corrected chi connectivity index (χ3v) is 3.88. The number of ether oxygens (including phenoxy) is 1. The Morgan fingerprint density at radius 3 is 2.32 bits per heavy atom. The van der Waals surface area contributed by atoms with E-state index in [1.54, 1.807) is 0 Å². The topological polar surface area (TPSA) is 67.4 Å². The number of esters is 1. The van der Waals surface area contributed by atoms with Crippen molar-refractivity contribution in [2.45, 2.75) is 51.0 Å². The predicted octanol–water partition coefficient (Wildman–Crippen LogP) is 1.82. The van der Waals surface area contributed by atoms with Crippen LogP contribution in [-0.4, -0.2) is 31.7 Å². The number of methoxy groups -OCH3 is 1. The molecule has 2 amide bonds. The first-order chi connectivity index (χ1) is 9.20. The molecule has 0 unspecified atom stereocenters. The molecule has 2 N–H and O–H groups in total. The van der Waals surface area contributed by atoms with Crippen LogP contribution < -0.4 is 10.6 Å². The van der Waals surface area contributed by atoms with Crippen molar-refractivity contribution in [2.24, 2.45) is 11.8 Å². The Labute approximate surface area is 114 Å². The van der Waals surface area contributed by atoms with Crippen LogP contribution in [0.2, 0.25) is 0 Å². The largest absolute Gasteiger partial charge is 0.469 e. The maximum Gasteiger partial charge on any atom is 0.315 e. The number of rotatable bonds is 8. The molecule has 108 valence electrons. The van der Waals surface area contributed by atoms with Crippen molar-refractivity contribution in [1.82, 2.24) is 10.6 Å². The van der Waals surface area contributed by atoms with Crippen LogP contribution in [0.3, 0.4) is 0 Å². The first-order valence-electron chi connectivity index (χ1n) is 7.32.